The molecule has 0 bridgehead atoms. The molecular formula is C20H25N3O3. The number of anilines is 1. The van der Waals surface area contributed by atoms with Crippen molar-refractivity contribution in [3.8, 4) is 0 Å². The molecule has 1 unspecified atom stereocenters. The molecular weight excluding hydrogens is 330 g/mol. The quantitative estimate of drug-likeness (QED) is 0.891. The van der Waals surface area contributed by atoms with E-state index in [-0.39, 0.29) is 11.9 Å². The number of amides is 1. The number of carbonyl (C=O) groups is 1. The summed E-state index contributed by atoms with van der Waals surface area (Å²) in [6.45, 7) is 5.36. The Balaban J connectivity index is 1.36. The maximum Gasteiger partial charge on any atom is 0.290 e. The number of ether oxygens (including phenoxy) is 1. The number of benzene rings is 1. The van der Waals surface area contributed by atoms with Crippen LogP contribution in [0, 0.1) is 0 Å². The van der Waals surface area contributed by atoms with Crippen LogP contribution in [0.2, 0.25) is 0 Å². The van der Waals surface area contributed by atoms with Gasteiger partial charge in [-0.1, -0.05) is 23.7 Å². The zero-order valence-corrected chi connectivity index (χ0v) is 15.1. The lowest BCUT2D eigenvalue weighted by Gasteiger charge is -2.29. The van der Waals surface area contributed by atoms with Crippen LogP contribution in [0.15, 0.2) is 34.9 Å². The van der Waals surface area contributed by atoms with Gasteiger partial charge < -0.3 is 19.5 Å². The predicted octanol–water partition coefficient (Wildman–Crippen LogP) is 3.27. The molecule has 0 radical (unpaired) electrons. The second-order valence-electron chi connectivity index (χ2n) is 7.13. The fourth-order valence-corrected chi connectivity index (χ4v) is 3.44. The van der Waals surface area contributed by atoms with Crippen molar-refractivity contribution in [1.29, 1.82) is 0 Å². The lowest BCUT2D eigenvalue weighted by atomic mass is 9.83. The van der Waals surface area contributed by atoms with Crippen molar-refractivity contribution in [2.45, 2.75) is 38.1 Å². The van der Waals surface area contributed by atoms with Gasteiger partial charge in [0.2, 0.25) is 5.76 Å². The monoisotopic (exact) mass is 355 g/mol. The number of hydrogen-bond donors (Lipinski definition) is 1. The molecule has 6 nitrogen and oxygen atoms in total. The highest BCUT2D eigenvalue weighted by Gasteiger charge is 2.25. The second kappa shape index (κ2) is 7.50. The third-order valence-corrected chi connectivity index (χ3v) is 5.39. The maximum atomic E-state index is 12.4. The van der Waals surface area contributed by atoms with Crippen LogP contribution in [0.5, 0.6) is 0 Å². The van der Waals surface area contributed by atoms with E-state index >= 15 is 0 Å². The molecule has 1 aliphatic carbocycles. The second-order valence-corrected chi connectivity index (χ2v) is 7.13. The number of morpholine rings is 1. The Bertz CT molecular complexity index is 746. The number of carbonyl (C=O) groups excluding carboxylic acids is 1. The Morgan fingerprint density at radius 2 is 1.96 bits per heavy atom. The molecule has 2 aromatic rings. The third-order valence-electron chi connectivity index (χ3n) is 5.39. The molecule has 1 aromatic heterocycles. The van der Waals surface area contributed by atoms with Crippen molar-refractivity contribution in [2.75, 3.05) is 31.2 Å². The molecule has 0 spiro atoms. The van der Waals surface area contributed by atoms with Gasteiger partial charge in [0.1, 0.15) is 0 Å². The summed E-state index contributed by atoms with van der Waals surface area (Å²) in [6, 6.07) is 10.0. The molecule has 2 aliphatic rings. The van der Waals surface area contributed by atoms with Crippen LogP contribution in [-0.4, -0.2) is 37.4 Å². The van der Waals surface area contributed by atoms with Gasteiger partial charge in [-0.05, 0) is 37.5 Å². The molecule has 1 aromatic carbocycles. The fourth-order valence-electron chi connectivity index (χ4n) is 3.44. The molecule has 6 heteroatoms. The minimum Gasteiger partial charge on any atom is -0.378 e. The van der Waals surface area contributed by atoms with E-state index in [0.717, 1.165) is 50.4 Å². The average molecular weight is 355 g/mol. The first-order valence-corrected chi connectivity index (χ1v) is 9.41. The topological polar surface area (TPSA) is 67.6 Å². The van der Waals surface area contributed by atoms with Gasteiger partial charge in [0, 0.05) is 30.8 Å². The lowest BCUT2D eigenvalue weighted by Crippen LogP contribution is -2.36. The van der Waals surface area contributed by atoms with Crippen LogP contribution in [-0.2, 0) is 4.74 Å². The Morgan fingerprint density at radius 1 is 1.23 bits per heavy atom. The Labute approximate surface area is 153 Å². The van der Waals surface area contributed by atoms with E-state index < -0.39 is 0 Å². The van der Waals surface area contributed by atoms with E-state index in [4.69, 9.17) is 9.26 Å². The number of nitrogens with one attached hydrogen (secondary N) is 1. The third kappa shape index (κ3) is 3.60. The summed E-state index contributed by atoms with van der Waals surface area (Å²) in [5.74, 6) is 0.543. The summed E-state index contributed by atoms with van der Waals surface area (Å²) in [6.07, 6.45) is 3.51. The van der Waals surface area contributed by atoms with E-state index in [9.17, 15) is 4.79 Å². The summed E-state index contributed by atoms with van der Waals surface area (Å²) < 4.78 is 10.6. The van der Waals surface area contributed by atoms with Gasteiger partial charge in [0.25, 0.3) is 5.91 Å². The molecule has 1 saturated carbocycles. The van der Waals surface area contributed by atoms with Gasteiger partial charge in [0.05, 0.1) is 24.9 Å². The normalized spacial score (nSPS) is 19.0. The maximum absolute atomic E-state index is 12.4. The lowest BCUT2D eigenvalue weighted by molar-refractivity contribution is 0.0902. The molecule has 4 rings (SSSR count). The first kappa shape index (κ1) is 17.1. The molecule has 2 fully saturated rings. The number of aromatic nitrogens is 1. The van der Waals surface area contributed by atoms with Gasteiger partial charge in [-0.25, -0.2) is 0 Å². The van der Waals surface area contributed by atoms with Crippen LogP contribution in [0.25, 0.3) is 0 Å². The minimum absolute atomic E-state index is 0.0986. The van der Waals surface area contributed by atoms with Crippen LogP contribution in [0.3, 0.4) is 0 Å². The van der Waals surface area contributed by atoms with Gasteiger partial charge in [-0.3, -0.25) is 4.79 Å². The first-order chi connectivity index (χ1) is 12.7. The smallest absolute Gasteiger partial charge is 0.290 e. The summed E-state index contributed by atoms with van der Waals surface area (Å²) in [5.41, 5.74) is 3.16. The molecule has 1 atom stereocenters. The van der Waals surface area contributed by atoms with Crippen LogP contribution < -0.4 is 10.2 Å². The SMILES string of the molecule is CC(NC(=O)c1cc(C2CCC2)no1)c1ccc(N2CCOCC2)cc1. The highest BCUT2D eigenvalue weighted by Crippen LogP contribution is 2.35. The van der Waals surface area contributed by atoms with Crippen molar-refractivity contribution in [3.63, 3.8) is 0 Å². The van der Waals surface area contributed by atoms with Gasteiger partial charge >= 0.3 is 0 Å². The number of nitrogens with zero attached hydrogens (tertiary/aromatic N) is 2. The standard InChI is InChI=1S/C20H25N3O3/c1-14(15-5-7-17(8-6-15)23-9-11-25-12-10-23)21-20(24)19-13-18(22-26-19)16-3-2-4-16/h5-8,13-14,16H,2-4,9-12H2,1H3,(H,21,24). The molecule has 1 amide bonds. The van der Waals surface area contributed by atoms with Crippen molar-refractivity contribution >= 4 is 11.6 Å². The fraction of sp³-hybridized carbons (Fsp3) is 0.500. The van der Waals surface area contributed by atoms with E-state index in [0.29, 0.717) is 11.7 Å². The van der Waals surface area contributed by atoms with E-state index in [1.807, 2.05) is 6.92 Å². The minimum atomic E-state index is -0.215. The van der Waals surface area contributed by atoms with Crippen LogP contribution in [0.1, 0.15) is 60.0 Å². The Morgan fingerprint density at radius 3 is 2.62 bits per heavy atom. The number of hydrogen-bond acceptors (Lipinski definition) is 5. The largest absolute Gasteiger partial charge is 0.378 e. The highest BCUT2D eigenvalue weighted by molar-refractivity contribution is 5.91. The molecule has 26 heavy (non-hydrogen) atoms. The van der Waals surface area contributed by atoms with Gasteiger partial charge in [-0.15, -0.1) is 0 Å². The van der Waals surface area contributed by atoms with Gasteiger partial charge in [0.15, 0.2) is 0 Å². The van der Waals surface area contributed by atoms with Gasteiger partial charge in [-0.2, -0.15) is 0 Å². The van der Waals surface area contributed by atoms with Crippen molar-refractivity contribution < 1.29 is 14.1 Å². The van der Waals surface area contributed by atoms with Crippen LogP contribution >= 0.6 is 0 Å². The molecule has 138 valence electrons. The first-order valence-electron chi connectivity index (χ1n) is 9.41. The van der Waals surface area contributed by atoms with Crippen molar-refractivity contribution in [2.24, 2.45) is 0 Å². The Kier molecular flexibility index (Phi) is 4.93. The van der Waals surface area contributed by atoms with Crippen LogP contribution in [0.4, 0.5) is 5.69 Å². The van der Waals surface area contributed by atoms with E-state index in [1.54, 1.807) is 6.07 Å². The summed E-state index contributed by atoms with van der Waals surface area (Å²) >= 11 is 0. The molecule has 2 heterocycles. The summed E-state index contributed by atoms with van der Waals surface area (Å²) in [5, 5.41) is 7.04. The average Bonchev–Trinajstić information content (AvgIpc) is 3.10. The zero-order valence-electron chi connectivity index (χ0n) is 15.1. The summed E-state index contributed by atoms with van der Waals surface area (Å²) in [4.78, 5) is 14.7. The van der Waals surface area contributed by atoms with E-state index in [1.165, 1.54) is 12.1 Å². The van der Waals surface area contributed by atoms with Crippen molar-refractivity contribution in [1.82, 2.24) is 10.5 Å². The summed E-state index contributed by atoms with van der Waals surface area (Å²) in [7, 11) is 0. The zero-order chi connectivity index (χ0) is 17.9. The molecule has 1 N–H and O–H groups in total. The number of rotatable bonds is 5. The highest BCUT2D eigenvalue weighted by atomic mass is 16.5. The molecule has 1 aliphatic heterocycles. The van der Waals surface area contributed by atoms with E-state index in [2.05, 4.69) is 39.6 Å². The molecule has 1 saturated heterocycles. The predicted molar refractivity (Wildman–Crippen MR) is 98.5 cm³/mol. The Hall–Kier alpha value is -2.34. The van der Waals surface area contributed by atoms with Crippen molar-refractivity contribution in [3.05, 3.63) is 47.3 Å².